The molecular weight excluding hydrogens is 274 g/mol. The van der Waals surface area contributed by atoms with E-state index in [-0.39, 0.29) is 6.10 Å². The van der Waals surface area contributed by atoms with E-state index >= 15 is 0 Å². The van der Waals surface area contributed by atoms with Crippen molar-refractivity contribution in [3.63, 3.8) is 0 Å². The van der Waals surface area contributed by atoms with Crippen molar-refractivity contribution in [2.24, 2.45) is 11.8 Å². The van der Waals surface area contributed by atoms with Gasteiger partial charge in [0.2, 0.25) is 0 Å². The molecule has 0 aromatic heterocycles. The minimum atomic E-state index is -0.0698. The molecule has 0 saturated heterocycles. The van der Waals surface area contributed by atoms with E-state index in [1.807, 2.05) is 24.3 Å². The zero-order valence-corrected chi connectivity index (χ0v) is 12.6. The van der Waals surface area contributed by atoms with Gasteiger partial charge in [-0.15, -0.1) is 0 Å². The fourth-order valence-electron chi connectivity index (χ4n) is 3.77. The molecule has 110 valence electrons. The van der Waals surface area contributed by atoms with Crippen LogP contribution in [0.5, 0.6) is 5.75 Å². The van der Waals surface area contributed by atoms with Crippen LogP contribution in [0.1, 0.15) is 19.3 Å². The molecule has 0 amide bonds. The number of fused-ring (bicyclic) bond motifs is 2. The van der Waals surface area contributed by atoms with Crippen LogP contribution >= 0.6 is 11.6 Å². The van der Waals surface area contributed by atoms with Gasteiger partial charge in [-0.25, -0.2) is 0 Å². The number of hydrogen-bond donors (Lipinski definition) is 1. The van der Waals surface area contributed by atoms with Gasteiger partial charge in [0.15, 0.2) is 0 Å². The second-order valence-electron chi connectivity index (χ2n) is 6.08. The lowest BCUT2D eigenvalue weighted by molar-refractivity contribution is 0.0979. The van der Waals surface area contributed by atoms with Crippen LogP contribution in [0.3, 0.4) is 0 Å². The number of nitrogens with zero attached hydrogens (tertiary/aromatic N) is 1. The van der Waals surface area contributed by atoms with Gasteiger partial charge < -0.3 is 9.84 Å². The molecule has 1 N–H and O–H groups in total. The molecule has 2 aliphatic rings. The average Bonchev–Trinajstić information content (AvgIpc) is 2.96. The van der Waals surface area contributed by atoms with Crippen LogP contribution in [0.25, 0.3) is 0 Å². The van der Waals surface area contributed by atoms with Gasteiger partial charge in [0.25, 0.3) is 0 Å². The van der Waals surface area contributed by atoms with Crippen LogP contribution in [0.2, 0.25) is 5.02 Å². The highest BCUT2D eigenvalue weighted by molar-refractivity contribution is 6.30. The Morgan fingerprint density at radius 3 is 2.65 bits per heavy atom. The van der Waals surface area contributed by atoms with Gasteiger partial charge in [0, 0.05) is 23.5 Å². The molecule has 2 saturated carbocycles. The molecule has 0 heterocycles. The van der Waals surface area contributed by atoms with Crippen molar-refractivity contribution < 1.29 is 9.84 Å². The summed E-state index contributed by atoms with van der Waals surface area (Å²) in [5.41, 5.74) is 0. The van der Waals surface area contributed by atoms with Crippen LogP contribution in [0, 0.1) is 11.8 Å². The van der Waals surface area contributed by atoms with E-state index in [4.69, 9.17) is 16.3 Å². The van der Waals surface area contributed by atoms with Crippen LogP contribution in [-0.4, -0.2) is 42.4 Å². The summed E-state index contributed by atoms with van der Waals surface area (Å²) < 4.78 is 5.74. The van der Waals surface area contributed by atoms with Crippen molar-refractivity contribution in [2.45, 2.75) is 31.4 Å². The molecule has 0 radical (unpaired) electrons. The molecule has 3 nitrogen and oxygen atoms in total. The van der Waals surface area contributed by atoms with Crippen molar-refractivity contribution in [2.75, 3.05) is 20.2 Å². The van der Waals surface area contributed by atoms with E-state index in [9.17, 15) is 5.11 Å². The number of ether oxygens (including phenoxy) is 1. The first-order valence-electron chi connectivity index (χ1n) is 7.42. The Labute approximate surface area is 125 Å². The number of hydrogen-bond acceptors (Lipinski definition) is 3. The molecule has 1 aromatic rings. The molecule has 20 heavy (non-hydrogen) atoms. The maximum Gasteiger partial charge on any atom is 0.119 e. The Morgan fingerprint density at radius 1 is 1.30 bits per heavy atom. The third-order valence-corrected chi connectivity index (χ3v) is 5.18. The number of benzene rings is 1. The topological polar surface area (TPSA) is 32.7 Å². The average molecular weight is 296 g/mol. The second kappa shape index (κ2) is 5.92. The fraction of sp³-hybridized carbons (Fsp3) is 0.625. The summed E-state index contributed by atoms with van der Waals surface area (Å²) in [5.74, 6) is 1.86. The van der Waals surface area contributed by atoms with E-state index < -0.39 is 0 Å². The Kier molecular flexibility index (Phi) is 4.20. The zero-order valence-electron chi connectivity index (χ0n) is 11.8. The third kappa shape index (κ3) is 2.80. The molecule has 4 atom stereocenters. The second-order valence-corrected chi connectivity index (χ2v) is 6.51. The van der Waals surface area contributed by atoms with E-state index in [1.165, 1.54) is 12.8 Å². The number of rotatable bonds is 5. The summed E-state index contributed by atoms with van der Waals surface area (Å²) in [6, 6.07) is 7.99. The van der Waals surface area contributed by atoms with Gasteiger partial charge in [-0.1, -0.05) is 11.6 Å². The normalized spacial score (nSPS) is 32.0. The summed E-state index contributed by atoms with van der Waals surface area (Å²) >= 11 is 5.84. The van der Waals surface area contributed by atoms with Crippen LogP contribution in [0.15, 0.2) is 24.3 Å². The van der Waals surface area contributed by atoms with Crippen molar-refractivity contribution >= 4 is 11.6 Å². The van der Waals surface area contributed by atoms with Gasteiger partial charge in [-0.05, 0) is 56.5 Å². The number of halogens is 1. The lowest BCUT2D eigenvalue weighted by atomic mass is 9.94. The predicted octanol–water partition coefficient (Wildman–Crippen LogP) is 2.81. The molecular formula is C16H22ClNO2. The number of likely N-dealkylation sites (N-methyl/N-ethyl adjacent to an activating group) is 1. The smallest absolute Gasteiger partial charge is 0.119 e. The Morgan fingerprint density at radius 2 is 2.05 bits per heavy atom. The van der Waals surface area contributed by atoms with Gasteiger partial charge >= 0.3 is 0 Å². The van der Waals surface area contributed by atoms with Crippen LogP contribution < -0.4 is 4.74 Å². The summed E-state index contributed by atoms with van der Waals surface area (Å²) in [4.78, 5) is 2.35. The van der Waals surface area contributed by atoms with Crippen LogP contribution in [0.4, 0.5) is 0 Å². The Bertz CT molecular complexity index is 450. The highest BCUT2D eigenvalue weighted by Gasteiger charge is 2.48. The lowest BCUT2D eigenvalue weighted by Crippen LogP contribution is -2.39. The molecule has 2 fully saturated rings. The molecule has 3 rings (SSSR count). The monoisotopic (exact) mass is 295 g/mol. The van der Waals surface area contributed by atoms with Crippen LogP contribution in [-0.2, 0) is 0 Å². The maximum absolute atomic E-state index is 10.1. The summed E-state index contributed by atoms with van der Waals surface area (Å²) in [5, 5.41) is 10.8. The molecule has 2 bridgehead atoms. The van der Waals surface area contributed by atoms with Gasteiger partial charge in [0.05, 0.1) is 6.10 Å². The van der Waals surface area contributed by atoms with Crippen molar-refractivity contribution in [3.8, 4) is 5.75 Å². The van der Waals surface area contributed by atoms with Crippen molar-refractivity contribution in [1.82, 2.24) is 4.90 Å². The summed E-state index contributed by atoms with van der Waals surface area (Å²) in [6.45, 7) is 1.56. The molecule has 2 aliphatic carbocycles. The van der Waals surface area contributed by atoms with Crippen molar-refractivity contribution in [1.29, 1.82) is 0 Å². The SMILES string of the molecule is CN(CCOc1ccc(Cl)cc1)C1CC2CCC1C2O. The predicted molar refractivity (Wildman–Crippen MR) is 80.2 cm³/mol. The molecule has 0 aliphatic heterocycles. The Hall–Kier alpha value is -0.770. The van der Waals surface area contributed by atoms with Gasteiger partial charge in [-0.2, -0.15) is 0 Å². The first-order chi connectivity index (χ1) is 9.65. The van der Waals surface area contributed by atoms with E-state index in [0.29, 0.717) is 24.5 Å². The van der Waals surface area contributed by atoms with Gasteiger partial charge in [0.1, 0.15) is 12.4 Å². The molecule has 4 heteroatoms. The highest BCUT2D eigenvalue weighted by atomic mass is 35.5. The van der Waals surface area contributed by atoms with E-state index in [0.717, 1.165) is 23.7 Å². The third-order valence-electron chi connectivity index (χ3n) is 4.92. The highest BCUT2D eigenvalue weighted by Crippen LogP contribution is 2.46. The zero-order chi connectivity index (χ0) is 14.1. The Balaban J connectivity index is 1.46. The largest absolute Gasteiger partial charge is 0.492 e. The molecule has 0 spiro atoms. The number of aliphatic hydroxyl groups is 1. The summed E-state index contributed by atoms with van der Waals surface area (Å²) in [7, 11) is 2.14. The lowest BCUT2D eigenvalue weighted by Gasteiger charge is -2.31. The first kappa shape index (κ1) is 14.2. The minimum Gasteiger partial charge on any atom is -0.492 e. The molecule has 1 aromatic carbocycles. The van der Waals surface area contributed by atoms with Gasteiger partial charge in [-0.3, -0.25) is 4.90 Å². The van der Waals surface area contributed by atoms with Crippen molar-refractivity contribution in [3.05, 3.63) is 29.3 Å². The summed E-state index contributed by atoms with van der Waals surface area (Å²) in [6.07, 6.45) is 3.46. The first-order valence-corrected chi connectivity index (χ1v) is 7.79. The molecule has 4 unspecified atom stereocenters. The number of aliphatic hydroxyl groups excluding tert-OH is 1. The maximum atomic E-state index is 10.1. The van der Waals surface area contributed by atoms with E-state index in [1.54, 1.807) is 0 Å². The minimum absolute atomic E-state index is 0.0698. The quantitative estimate of drug-likeness (QED) is 0.907. The fourth-order valence-corrected chi connectivity index (χ4v) is 3.90. The van der Waals surface area contributed by atoms with E-state index in [2.05, 4.69) is 11.9 Å². The standard InChI is InChI=1S/C16H22ClNO2/c1-18(15-10-11-2-7-14(15)16(11)19)8-9-20-13-5-3-12(17)4-6-13/h3-6,11,14-16,19H,2,7-10H2,1H3.